The Kier molecular flexibility index (Phi) is 1.75. The number of hydrogen-bond donors (Lipinski definition) is 0. The van der Waals surface area contributed by atoms with Crippen molar-refractivity contribution in [1.82, 2.24) is 0 Å². The topological polar surface area (TPSA) is 0 Å². The van der Waals surface area contributed by atoms with Crippen LogP contribution in [-0.4, -0.2) is 12.8 Å². The Morgan fingerprint density at radius 3 is 1.20 bits per heavy atom. The summed E-state index contributed by atoms with van der Waals surface area (Å²) < 4.78 is 31.4. The van der Waals surface area contributed by atoms with Gasteiger partial charge in [0.15, 0.2) is 0 Å². The molecule has 0 radical (unpaired) electrons. The zero-order valence-electron chi connectivity index (χ0n) is 2.01. The zero-order chi connectivity index (χ0) is 4.50. The van der Waals surface area contributed by atoms with Crippen molar-refractivity contribution >= 4 is 26.8 Å². The van der Waals surface area contributed by atoms with Crippen LogP contribution in [0.25, 0.3) is 0 Å². The average molecular weight is 210 g/mol. The van der Waals surface area contributed by atoms with Gasteiger partial charge in [-0.2, -0.15) is 0 Å². The van der Waals surface area contributed by atoms with Gasteiger partial charge < -0.3 is 0 Å². The Bertz CT molecular complexity index is 22.4. The molecule has 0 rings (SSSR count). The van der Waals surface area contributed by atoms with E-state index in [1.807, 2.05) is 0 Å². The van der Waals surface area contributed by atoms with Crippen LogP contribution < -0.4 is 0 Å². The minimum atomic E-state index is -5.69. The Balaban J connectivity index is 3.02. The molecule has 0 spiro atoms. The van der Waals surface area contributed by atoms with Gasteiger partial charge in [-0.05, 0) is 0 Å². The van der Waals surface area contributed by atoms with Gasteiger partial charge >= 0.3 is 37.3 Å². The Labute approximate surface area is 37.8 Å². The molecular formula is BrF3Ge. The van der Waals surface area contributed by atoms with E-state index in [1.54, 1.807) is 14.0 Å². The molecule has 0 atom stereocenters. The number of hydrogen-bond acceptors (Lipinski definition) is 0. The molecule has 0 aromatic carbocycles. The van der Waals surface area contributed by atoms with Crippen LogP contribution >= 0.6 is 14.0 Å². The molecule has 0 aromatic rings. The molecule has 0 N–H and O–H groups in total. The van der Waals surface area contributed by atoms with Crippen molar-refractivity contribution in [3.8, 4) is 0 Å². The maximum atomic E-state index is 10.5. The van der Waals surface area contributed by atoms with E-state index in [0.717, 1.165) is 0 Å². The molecule has 0 aliphatic heterocycles. The summed E-state index contributed by atoms with van der Waals surface area (Å²) in [6.07, 6.45) is 0. The van der Waals surface area contributed by atoms with Gasteiger partial charge in [0.1, 0.15) is 0 Å². The molecule has 0 amide bonds. The fourth-order valence-corrected chi connectivity index (χ4v) is 0. The summed E-state index contributed by atoms with van der Waals surface area (Å²) in [5.74, 6) is 0. The van der Waals surface area contributed by atoms with Crippen LogP contribution in [0.5, 0.6) is 0 Å². The average Bonchev–Trinajstić information content (AvgIpc) is 0.722. The normalized spacial score (nSPS) is 12.0. The third-order valence-corrected chi connectivity index (χ3v) is 0. The van der Waals surface area contributed by atoms with E-state index in [9.17, 15) is 10.5 Å². The molecule has 0 saturated carbocycles. The Hall–Kier alpha value is 0.813. The molecular weight excluding hydrogens is 210 g/mol. The van der Waals surface area contributed by atoms with Crippen molar-refractivity contribution < 1.29 is 10.5 Å². The SMILES string of the molecule is [F][Ge]([F])([F])[Br]. The van der Waals surface area contributed by atoms with Crippen molar-refractivity contribution in [3.63, 3.8) is 0 Å². The van der Waals surface area contributed by atoms with Crippen molar-refractivity contribution in [3.05, 3.63) is 0 Å². The summed E-state index contributed by atoms with van der Waals surface area (Å²) in [6.45, 7) is 0. The summed E-state index contributed by atoms with van der Waals surface area (Å²) in [6, 6.07) is 0. The fourth-order valence-electron chi connectivity index (χ4n) is 0. The molecule has 0 heterocycles. The molecule has 5 heteroatoms. The van der Waals surface area contributed by atoms with Gasteiger partial charge in [0.05, 0.1) is 0 Å². The second-order valence-corrected chi connectivity index (χ2v) is 6.90. The predicted octanol–water partition coefficient (Wildman–Crippen LogP) is 1.73. The van der Waals surface area contributed by atoms with Crippen LogP contribution in [-0.2, 0) is 0 Å². The molecule has 0 saturated heterocycles. The Morgan fingerprint density at radius 1 is 1.20 bits per heavy atom. The first kappa shape index (κ1) is 5.81. The van der Waals surface area contributed by atoms with Crippen molar-refractivity contribution in [1.29, 1.82) is 0 Å². The van der Waals surface area contributed by atoms with Crippen LogP contribution in [0.3, 0.4) is 0 Å². The van der Waals surface area contributed by atoms with E-state index in [2.05, 4.69) is 0 Å². The van der Waals surface area contributed by atoms with E-state index < -0.39 is 12.8 Å². The number of halogens is 4. The summed E-state index contributed by atoms with van der Waals surface area (Å²) in [4.78, 5) is 0. The molecule has 0 unspecified atom stereocenters. The third-order valence-electron chi connectivity index (χ3n) is 0. The Morgan fingerprint density at radius 2 is 1.20 bits per heavy atom. The van der Waals surface area contributed by atoms with Crippen LogP contribution in [0.4, 0.5) is 10.5 Å². The van der Waals surface area contributed by atoms with Gasteiger partial charge in [-0.3, -0.25) is 0 Å². The monoisotopic (exact) mass is 210 g/mol. The van der Waals surface area contributed by atoms with Gasteiger partial charge in [-0.15, -0.1) is 0 Å². The molecule has 5 heavy (non-hydrogen) atoms. The maximum absolute atomic E-state index is 10.5. The van der Waals surface area contributed by atoms with Crippen molar-refractivity contribution in [2.24, 2.45) is 0 Å². The van der Waals surface area contributed by atoms with Gasteiger partial charge in [0, 0.05) is 0 Å². The molecule has 0 fully saturated rings. The summed E-state index contributed by atoms with van der Waals surface area (Å²) in [5.41, 5.74) is 0. The fraction of sp³-hybridized carbons (Fsp3) is 0. The predicted molar refractivity (Wildman–Crippen MR) is 18.0 cm³/mol. The van der Waals surface area contributed by atoms with Crippen LogP contribution in [0, 0.1) is 0 Å². The van der Waals surface area contributed by atoms with Gasteiger partial charge in [-0.25, -0.2) is 0 Å². The van der Waals surface area contributed by atoms with E-state index in [0.29, 0.717) is 0 Å². The minimum absolute atomic E-state index is 1.56. The van der Waals surface area contributed by atoms with E-state index in [4.69, 9.17) is 0 Å². The number of rotatable bonds is 0. The first-order chi connectivity index (χ1) is 2.00. The molecule has 0 aromatic heterocycles. The summed E-state index contributed by atoms with van der Waals surface area (Å²) >= 11 is -4.12. The molecule has 0 nitrogen and oxygen atoms in total. The van der Waals surface area contributed by atoms with Gasteiger partial charge in [-0.1, -0.05) is 0 Å². The second-order valence-electron chi connectivity index (χ2n) is 0.429. The quantitative estimate of drug-likeness (QED) is 0.533. The van der Waals surface area contributed by atoms with E-state index >= 15 is 0 Å². The van der Waals surface area contributed by atoms with Gasteiger partial charge in [0.2, 0.25) is 0 Å². The third kappa shape index (κ3) is 57.6. The van der Waals surface area contributed by atoms with E-state index in [-0.39, 0.29) is 0 Å². The molecule has 0 bridgehead atoms. The van der Waals surface area contributed by atoms with Crippen LogP contribution in [0.15, 0.2) is 0 Å². The second kappa shape index (κ2) is 1.51. The molecule has 0 aliphatic carbocycles. The first-order valence-corrected chi connectivity index (χ1v) is 8.05. The van der Waals surface area contributed by atoms with Gasteiger partial charge in [0.25, 0.3) is 0 Å². The van der Waals surface area contributed by atoms with Crippen molar-refractivity contribution in [2.45, 2.75) is 0 Å². The summed E-state index contributed by atoms with van der Waals surface area (Å²) in [7, 11) is 0. The van der Waals surface area contributed by atoms with E-state index in [1.165, 1.54) is 0 Å². The van der Waals surface area contributed by atoms with Crippen LogP contribution in [0.1, 0.15) is 0 Å². The standard InChI is InChI=1S/BrF3Ge/c1-5(2,3)4. The molecule has 0 aliphatic rings. The van der Waals surface area contributed by atoms with Crippen molar-refractivity contribution in [2.75, 3.05) is 0 Å². The molecule has 32 valence electrons. The summed E-state index contributed by atoms with van der Waals surface area (Å²) in [5, 5.41) is 0. The van der Waals surface area contributed by atoms with Crippen LogP contribution in [0.2, 0.25) is 0 Å². The first-order valence-electron chi connectivity index (χ1n) is 0.756. The zero-order valence-corrected chi connectivity index (χ0v) is 5.70.